The molecule has 2 N–H and O–H groups in total. The highest BCUT2D eigenvalue weighted by molar-refractivity contribution is 5.89. The fourth-order valence-corrected chi connectivity index (χ4v) is 2.14. The monoisotopic (exact) mass is 270 g/mol. The van der Waals surface area contributed by atoms with E-state index in [0.717, 1.165) is 0 Å². The van der Waals surface area contributed by atoms with Gasteiger partial charge in [0.05, 0.1) is 11.8 Å². The number of carboxylic acids is 1. The second-order valence-electron chi connectivity index (χ2n) is 5.01. The summed E-state index contributed by atoms with van der Waals surface area (Å²) in [5.74, 6) is -1.54. The van der Waals surface area contributed by atoms with Crippen LogP contribution in [0.2, 0.25) is 0 Å². The molecule has 108 valence electrons. The Morgan fingerprint density at radius 3 is 2.74 bits per heavy atom. The molecule has 19 heavy (non-hydrogen) atoms. The van der Waals surface area contributed by atoms with Crippen molar-refractivity contribution in [1.82, 2.24) is 10.2 Å². The van der Waals surface area contributed by atoms with Crippen molar-refractivity contribution in [3.8, 4) is 0 Å². The van der Waals surface area contributed by atoms with Crippen molar-refractivity contribution >= 4 is 17.8 Å². The number of rotatable bonds is 7. The average molecular weight is 270 g/mol. The third-order valence-electron chi connectivity index (χ3n) is 3.50. The highest BCUT2D eigenvalue weighted by Gasteiger charge is 2.32. The van der Waals surface area contributed by atoms with E-state index in [-0.39, 0.29) is 30.1 Å². The Hall–Kier alpha value is -1.59. The van der Waals surface area contributed by atoms with Crippen LogP contribution in [-0.4, -0.2) is 47.4 Å². The second-order valence-corrected chi connectivity index (χ2v) is 5.01. The molecule has 1 fully saturated rings. The SMILES string of the molecule is CCN1CC(C(=O)NCCCC(C)C(=O)O)CC1=O. The molecular formula is C13H22N2O4. The maximum atomic E-state index is 11.8. The van der Waals surface area contributed by atoms with E-state index in [1.807, 2.05) is 6.92 Å². The summed E-state index contributed by atoms with van der Waals surface area (Å²) in [6.45, 7) is 5.14. The molecule has 2 amide bonds. The van der Waals surface area contributed by atoms with Gasteiger partial charge in [-0.1, -0.05) is 6.92 Å². The summed E-state index contributed by atoms with van der Waals surface area (Å²) in [6, 6.07) is 0. The lowest BCUT2D eigenvalue weighted by molar-refractivity contribution is -0.141. The Kier molecular flexibility index (Phi) is 5.79. The van der Waals surface area contributed by atoms with Gasteiger partial charge in [0, 0.05) is 26.1 Å². The van der Waals surface area contributed by atoms with E-state index in [1.54, 1.807) is 11.8 Å². The van der Waals surface area contributed by atoms with Crippen LogP contribution < -0.4 is 5.32 Å². The van der Waals surface area contributed by atoms with Gasteiger partial charge >= 0.3 is 5.97 Å². The van der Waals surface area contributed by atoms with Crippen LogP contribution in [0, 0.1) is 11.8 Å². The van der Waals surface area contributed by atoms with E-state index in [9.17, 15) is 14.4 Å². The highest BCUT2D eigenvalue weighted by atomic mass is 16.4. The van der Waals surface area contributed by atoms with Crippen LogP contribution in [0.3, 0.4) is 0 Å². The van der Waals surface area contributed by atoms with Gasteiger partial charge in [0.2, 0.25) is 11.8 Å². The fourth-order valence-electron chi connectivity index (χ4n) is 2.14. The highest BCUT2D eigenvalue weighted by Crippen LogP contribution is 2.17. The molecule has 0 radical (unpaired) electrons. The predicted molar refractivity (Wildman–Crippen MR) is 69.4 cm³/mol. The van der Waals surface area contributed by atoms with Crippen molar-refractivity contribution in [3.63, 3.8) is 0 Å². The first-order valence-electron chi connectivity index (χ1n) is 6.74. The summed E-state index contributed by atoms with van der Waals surface area (Å²) in [5.41, 5.74) is 0. The Balaban J connectivity index is 2.22. The molecule has 1 rings (SSSR count). The first-order valence-corrected chi connectivity index (χ1v) is 6.74. The van der Waals surface area contributed by atoms with Gasteiger partial charge in [-0.05, 0) is 19.8 Å². The zero-order chi connectivity index (χ0) is 14.4. The maximum absolute atomic E-state index is 11.8. The molecule has 0 aromatic heterocycles. The molecule has 0 aliphatic carbocycles. The van der Waals surface area contributed by atoms with Crippen molar-refractivity contribution in [3.05, 3.63) is 0 Å². The molecule has 1 heterocycles. The lowest BCUT2D eigenvalue weighted by Crippen LogP contribution is -2.33. The lowest BCUT2D eigenvalue weighted by Gasteiger charge is -2.13. The topological polar surface area (TPSA) is 86.7 Å². The summed E-state index contributed by atoms with van der Waals surface area (Å²) in [6.07, 6.45) is 1.46. The average Bonchev–Trinajstić information content (AvgIpc) is 2.75. The summed E-state index contributed by atoms with van der Waals surface area (Å²) < 4.78 is 0. The van der Waals surface area contributed by atoms with Gasteiger partial charge in [0.15, 0.2) is 0 Å². The van der Waals surface area contributed by atoms with Crippen molar-refractivity contribution in [2.24, 2.45) is 11.8 Å². The van der Waals surface area contributed by atoms with Crippen molar-refractivity contribution in [1.29, 1.82) is 0 Å². The third kappa shape index (κ3) is 4.54. The molecule has 1 aliphatic rings. The van der Waals surface area contributed by atoms with E-state index in [2.05, 4.69) is 5.32 Å². The van der Waals surface area contributed by atoms with E-state index in [1.165, 1.54) is 0 Å². The fraction of sp³-hybridized carbons (Fsp3) is 0.769. The number of carboxylic acid groups (broad SMARTS) is 1. The first-order chi connectivity index (χ1) is 8.95. The third-order valence-corrected chi connectivity index (χ3v) is 3.50. The minimum atomic E-state index is -0.814. The summed E-state index contributed by atoms with van der Waals surface area (Å²) >= 11 is 0. The molecule has 2 atom stereocenters. The minimum Gasteiger partial charge on any atom is -0.481 e. The molecule has 6 nitrogen and oxygen atoms in total. The molecule has 0 aromatic rings. The van der Waals surface area contributed by atoms with Crippen molar-refractivity contribution in [2.75, 3.05) is 19.6 Å². The number of hydrogen-bond donors (Lipinski definition) is 2. The van der Waals surface area contributed by atoms with Gasteiger partial charge in [-0.15, -0.1) is 0 Å². The zero-order valence-electron chi connectivity index (χ0n) is 11.5. The van der Waals surface area contributed by atoms with Crippen LogP contribution in [0.25, 0.3) is 0 Å². The standard InChI is InChI=1S/C13H22N2O4/c1-3-15-8-10(7-11(15)16)12(17)14-6-4-5-9(2)13(18)19/h9-10H,3-8H2,1-2H3,(H,14,17)(H,18,19). The molecular weight excluding hydrogens is 248 g/mol. The number of aliphatic carboxylic acids is 1. The number of carbonyl (C=O) groups is 3. The van der Waals surface area contributed by atoms with Gasteiger partial charge in [-0.25, -0.2) is 0 Å². The molecule has 0 saturated carbocycles. The molecule has 0 aromatic carbocycles. The summed E-state index contributed by atoms with van der Waals surface area (Å²) in [5, 5.41) is 11.5. The van der Waals surface area contributed by atoms with E-state index in [4.69, 9.17) is 5.11 Å². The van der Waals surface area contributed by atoms with E-state index in [0.29, 0.717) is 32.5 Å². The number of amides is 2. The van der Waals surface area contributed by atoms with Crippen LogP contribution in [0.5, 0.6) is 0 Å². The normalized spacial score (nSPS) is 20.4. The summed E-state index contributed by atoms with van der Waals surface area (Å²) in [4.78, 5) is 35.6. The van der Waals surface area contributed by atoms with Crippen LogP contribution in [-0.2, 0) is 14.4 Å². The lowest BCUT2D eigenvalue weighted by atomic mass is 10.1. The first kappa shape index (κ1) is 15.5. The van der Waals surface area contributed by atoms with E-state index >= 15 is 0 Å². The Bertz CT molecular complexity index is 357. The number of carbonyl (C=O) groups excluding carboxylic acids is 2. The van der Waals surface area contributed by atoms with E-state index < -0.39 is 5.97 Å². The van der Waals surface area contributed by atoms with Crippen LogP contribution >= 0.6 is 0 Å². The number of nitrogens with one attached hydrogen (secondary N) is 1. The summed E-state index contributed by atoms with van der Waals surface area (Å²) in [7, 11) is 0. The number of likely N-dealkylation sites (tertiary alicyclic amines) is 1. The molecule has 1 saturated heterocycles. The predicted octanol–water partition coefficient (Wildman–Crippen LogP) is 0.472. The largest absolute Gasteiger partial charge is 0.481 e. The molecule has 1 aliphatic heterocycles. The van der Waals surface area contributed by atoms with Crippen molar-refractivity contribution < 1.29 is 19.5 Å². The zero-order valence-corrected chi connectivity index (χ0v) is 11.5. The van der Waals surface area contributed by atoms with Gasteiger partial charge in [-0.2, -0.15) is 0 Å². The van der Waals surface area contributed by atoms with Gasteiger partial charge in [-0.3, -0.25) is 14.4 Å². The number of hydrogen-bond acceptors (Lipinski definition) is 3. The smallest absolute Gasteiger partial charge is 0.306 e. The second kappa shape index (κ2) is 7.11. The van der Waals surface area contributed by atoms with Crippen LogP contribution in [0.15, 0.2) is 0 Å². The molecule has 0 spiro atoms. The molecule has 0 bridgehead atoms. The van der Waals surface area contributed by atoms with Crippen LogP contribution in [0.4, 0.5) is 0 Å². The van der Waals surface area contributed by atoms with Crippen molar-refractivity contribution in [2.45, 2.75) is 33.1 Å². The van der Waals surface area contributed by atoms with Gasteiger partial charge in [0.25, 0.3) is 0 Å². The minimum absolute atomic E-state index is 0.0298. The quantitative estimate of drug-likeness (QED) is 0.658. The van der Waals surface area contributed by atoms with Crippen LogP contribution in [0.1, 0.15) is 33.1 Å². The Morgan fingerprint density at radius 2 is 2.21 bits per heavy atom. The Morgan fingerprint density at radius 1 is 1.53 bits per heavy atom. The number of nitrogens with zero attached hydrogens (tertiary/aromatic N) is 1. The Labute approximate surface area is 113 Å². The maximum Gasteiger partial charge on any atom is 0.306 e. The van der Waals surface area contributed by atoms with Gasteiger partial charge in [0.1, 0.15) is 0 Å². The molecule has 2 unspecified atom stereocenters. The van der Waals surface area contributed by atoms with Gasteiger partial charge < -0.3 is 15.3 Å². The molecule has 6 heteroatoms.